The number of cyclic esters (lactones) is 1. The Morgan fingerprint density at radius 1 is 1.06 bits per heavy atom. The summed E-state index contributed by atoms with van der Waals surface area (Å²) < 4.78 is 16.9. The summed E-state index contributed by atoms with van der Waals surface area (Å²) in [6, 6.07) is 17.2. The van der Waals surface area contributed by atoms with Gasteiger partial charge < -0.3 is 14.2 Å². The number of nitro groups is 1. The van der Waals surface area contributed by atoms with Crippen LogP contribution < -0.4 is 9.47 Å². The fourth-order valence-corrected chi connectivity index (χ4v) is 3.50. The number of carbonyl (C=O) groups excluding carboxylic acids is 1. The van der Waals surface area contributed by atoms with Crippen molar-refractivity contribution in [3.63, 3.8) is 0 Å². The van der Waals surface area contributed by atoms with E-state index in [4.69, 9.17) is 25.8 Å². The maximum absolute atomic E-state index is 12.4. The van der Waals surface area contributed by atoms with Crippen LogP contribution in [-0.4, -0.2) is 23.4 Å². The molecular formula is C26H21ClN2O6. The van der Waals surface area contributed by atoms with Gasteiger partial charge in [-0.2, -0.15) is 0 Å². The van der Waals surface area contributed by atoms with E-state index in [0.29, 0.717) is 46.4 Å². The highest BCUT2D eigenvalue weighted by Gasteiger charge is 2.26. The van der Waals surface area contributed by atoms with Crippen molar-refractivity contribution in [1.82, 2.24) is 0 Å². The molecule has 3 aromatic rings. The molecule has 35 heavy (non-hydrogen) atoms. The molecule has 3 aromatic carbocycles. The van der Waals surface area contributed by atoms with Crippen LogP contribution >= 0.6 is 11.6 Å². The molecule has 0 saturated carbocycles. The predicted molar refractivity (Wildman–Crippen MR) is 132 cm³/mol. The number of esters is 1. The molecule has 0 aromatic heterocycles. The average Bonchev–Trinajstić information content (AvgIpc) is 3.20. The minimum absolute atomic E-state index is 0.0114. The second kappa shape index (κ2) is 10.4. The number of hydrogen-bond donors (Lipinski definition) is 0. The Morgan fingerprint density at radius 3 is 2.54 bits per heavy atom. The van der Waals surface area contributed by atoms with Crippen LogP contribution in [0.3, 0.4) is 0 Å². The van der Waals surface area contributed by atoms with Gasteiger partial charge in [-0.3, -0.25) is 10.1 Å². The summed E-state index contributed by atoms with van der Waals surface area (Å²) in [5.41, 5.74) is 2.45. The zero-order valence-electron chi connectivity index (χ0n) is 19.0. The van der Waals surface area contributed by atoms with Gasteiger partial charge in [0, 0.05) is 22.2 Å². The third-order valence-electron chi connectivity index (χ3n) is 5.15. The number of nitrogens with zero attached hydrogens (tertiary/aromatic N) is 2. The number of aliphatic imine (C=N–C) groups is 1. The first kappa shape index (κ1) is 24.0. The van der Waals surface area contributed by atoms with Gasteiger partial charge in [-0.25, -0.2) is 9.79 Å². The molecule has 0 aliphatic carbocycles. The summed E-state index contributed by atoms with van der Waals surface area (Å²) in [4.78, 5) is 27.4. The van der Waals surface area contributed by atoms with Gasteiger partial charge in [-0.05, 0) is 61.4 Å². The molecule has 0 saturated heterocycles. The fraction of sp³-hybridized carbons (Fsp3) is 0.154. The van der Waals surface area contributed by atoms with Crippen LogP contribution in [0.25, 0.3) is 6.08 Å². The molecule has 0 N–H and O–H groups in total. The lowest BCUT2D eigenvalue weighted by molar-refractivity contribution is -0.385. The monoisotopic (exact) mass is 492 g/mol. The largest absolute Gasteiger partial charge is 0.490 e. The van der Waals surface area contributed by atoms with Crippen LogP contribution in [0.2, 0.25) is 5.02 Å². The van der Waals surface area contributed by atoms with Crippen molar-refractivity contribution in [2.75, 3.05) is 6.61 Å². The molecule has 1 aliphatic rings. The number of carbonyl (C=O) groups is 1. The number of benzene rings is 3. The summed E-state index contributed by atoms with van der Waals surface area (Å²) in [5, 5.41) is 11.9. The minimum atomic E-state index is -0.649. The van der Waals surface area contributed by atoms with Crippen molar-refractivity contribution < 1.29 is 23.9 Å². The van der Waals surface area contributed by atoms with E-state index in [1.54, 1.807) is 55.5 Å². The molecule has 0 unspecified atom stereocenters. The van der Waals surface area contributed by atoms with Crippen molar-refractivity contribution in [1.29, 1.82) is 0 Å². The molecule has 0 spiro atoms. The lowest BCUT2D eigenvalue weighted by Crippen LogP contribution is -2.06. The fourth-order valence-electron chi connectivity index (χ4n) is 3.37. The Morgan fingerprint density at radius 2 is 1.83 bits per heavy atom. The molecule has 1 heterocycles. The molecule has 0 amide bonds. The third kappa shape index (κ3) is 5.67. The van der Waals surface area contributed by atoms with Gasteiger partial charge in [0.1, 0.15) is 6.61 Å². The van der Waals surface area contributed by atoms with Crippen LogP contribution in [0.15, 0.2) is 71.4 Å². The Hall–Kier alpha value is -4.17. The molecule has 178 valence electrons. The smallest absolute Gasteiger partial charge is 0.363 e. The van der Waals surface area contributed by atoms with Crippen molar-refractivity contribution in [3.05, 3.63) is 104 Å². The molecule has 0 atom stereocenters. The van der Waals surface area contributed by atoms with Crippen molar-refractivity contribution >= 4 is 35.2 Å². The lowest BCUT2D eigenvalue weighted by atomic mass is 10.1. The topological polar surface area (TPSA) is 100 Å². The van der Waals surface area contributed by atoms with E-state index in [0.717, 1.165) is 5.56 Å². The highest BCUT2D eigenvalue weighted by atomic mass is 35.5. The highest BCUT2D eigenvalue weighted by molar-refractivity contribution is 6.30. The first-order chi connectivity index (χ1) is 16.8. The highest BCUT2D eigenvalue weighted by Crippen LogP contribution is 2.31. The normalized spacial score (nSPS) is 14.0. The number of hydrogen-bond acceptors (Lipinski definition) is 7. The van der Waals surface area contributed by atoms with Gasteiger partial charge in [-0.15, -0.1) is 0 Å². The zero-order chi connectivity index (χ0) is 24.9. The van der Waals surface area contributed by atoms with Gasteiger partial charge in [0.05, 0.1) is 11.5 Å². The van der Waals surface area contributed by atoms with E-state index in [2.05, 4.69) is 4.99 Å². The average molecular weight is 493 g/mol. The molecular weight excluding hydrogens is 472 g/mol. The van der Waals surface area contributed by atoms with Crippen molar-refractivity contribution in [3.8, 4) is 11.5 Å². The summed E-state index contributed by atoms with van der Waals surface area (Å²) in [5.74, 6) is 0.427. The summed E-state index contributed by atoms with van der Waals surface area (Å²) in [7, 11) is 0. The SMILES string of the molecule is CCOc1cc(/C=C2\N=C(c3ccc(C)c([N+](=O)[O-])c3)OC2=O)ccc1OCc1ccc(Cl)cc1. The zero-order valence-corrected chi connectivity index (χ0v) is 19.7. The summed E-state index contributed by atoms with van der Waals surface area (Å²) in [6.45, 7) is 4.25. The third-order valence-corrected chi connectivity index (χ3v) is 5.40. The second-order valence-electron chi connectivity index (χ2n) is 7.65. The molecule has 4 rings (SSSR count). The molecule has 0 bridgehead atoms. The number of rotatable bonds is 8. The first-order valence-electron chi connectivity index (χ1n) is 10.8. The van der Waals surface area contributed by atoms with Gasteiger partial charge in [0.2, 0.25) is 5.90 Å². The van der Waals surface area contributed by atoms with E-state index in [-0.39, 0.29) is 17.3 Å². The maximum Gasteiger partial charge on any atom is 0.363 e. The Kier molecular flexibility index (Phi) is 7.12. The van der Waals surface area contributed by atoms with E-state index in [1.807, 2.05) is 19.1 Å². The molecule has 0 radical (unpaired) electrons. The van der Waals surface area contributed by atoms with Crippen LogP contribution in [-0.2, 0) is 16.1 Å². The van der Waals surface area contributed by atoms with E-state index < -0.39 is 10.9 Å². The standard InChI is InChI=1S/C26H21ClN2O6/c1-3-33-24-13-18(7-11-23(24)34-15-17-5-9-20(27)10-6-17)12-21-26(30)35-25(28-21)19-8-4-16(2)22(14-19)29(31)32/h4-14H,3,15H2,1-2H3/b21-12-. The summed E-state index contributed by atoms with van der Waals surface area (Å²) >= 11 is 5.93. The van der Waals surface area contributed by atoms with Crippen LogP contribution in [0.5, 0.6) is 11.5 Å². The van der Waals surface area contributed by atoms with Crippen molar-refractivity contribution in [2.24, 2.45) is 4.99 Å². The maximum atomic E-state index is 12.4. The molecule has 1 aliphatic heterocycles. The van der Waals surface area contributed by atoms with Gasteiger partial charge in [0.25, 0.3) is 5.69 Å². The predicted octanol–water partition coefficient (Wildman–Crippen LogP) is 5.88. The van der Waals surface area contributed by atoms with Crippen LogP contribution in [0.4, 0.5) is 5.69 Å². The Labute approximate surface area is 206 Å². The molecule has 0 fully saturated rings. The van der Waals surface area contributed by atoms with E-state index in [9.17, 15) is 14.9 Å². The minimum Gasteiger partial charge on any atom is -0.490 e. The number of ether oxygens (including phenoxy) is 3. The Bertz CT molecular complexity index is 1350. The van der Waals surface area contributed by atoms with Gasteiger partial charge >= 0.3 is 5.97 Å². The Balaban J connectivity index is 1.57. The summed E-state index contributed by atoms with van der Waals surface area (Å²) in [6.07, 6.45) is 1.56. The number of aryl methyl sites for hydroxylation is 1. The first-order valence-corrected chi connectivity index (χ1v) is 11.1. The number of halogens is 1. The lowest BCUT2D eigenvalue weighted by Gasteiger charge is -2.13. The number of nitro benzene ring substituents is 1. The molecule has 9 heteroatoms. The van der Waals surface area contributed by atoms with Gasteiger partial charge in [0.15, 0.2) is 17.2 Å². The van der Waals surface area contributed by atoms with E-state index >= 15 is 0 Å². The van der Waals surface area contributed by atoms with Crippen LogP contribution in [0.1, 0.15) is 29.2 Å². The quantitative estimate of drug-likeness (QED) is 0.168. The van der Waals surface area contributed by atoms with Crippen molar-refractivity contribution in [2.45, 2.75) is 20.5 Å². The second-order valence-corrected chi connectivity index (χ2v) is 8.09. The van der Waals surface area contributed by atoms with Crippen LogP contribution in [0, 0.1) is 17.0 Å². The van der Waals surface area contributed by atoms with Gasteiger partial charge in [-0.1, -0.05) is 35.9 Å². The molecule has 8 nitrogen and oxygen atoms in total. The van der Waals surface area contributed by atoms with E-state index in [1.165, 1.54) is 6.07 Å².